The molecule has 2 atom stereocenters. The van der Waals surface area contributed by atoms with Gasteiger partial charge < -0.3 is 31.2 Å². The normalized spacial score (nSPS) is 22.5. The lowest BCUT2D eigenvalue weighted by atomic mass is 10.0. The molecule has 7 nitrogen and oxygen atoms in total. The summed E-state index contributed by atoms with van der Waals surface area (Å²) in [6, 6.07) is 8.37. The van der Waals surface area contributed by atoms with Crippen LogP contribution in [-0.2, 0) is 4.74 Å². The number of benzene rings is 1. The second kappa shape index (κ2) is 7.38. The van der Waals surface area contributed by atoms with Crippen molar-refractivity contribution in [2.75, 3.05) is 31.1 Å². The van der Waals surface area contributed by atoms with Gasteiger partial charge in [0, 0.05) is 55.8 Å². The summed E-state index contributed by atoms with van der Waals surface area (Å²) in [5.74, 6) is 1.10. The number of amides is 1. The highest BCUT2D eigenvalue weighted by Gasteiger charge is 2.42. The summed E-state index contributed by atoms with van der Waals surface area (Å²) in [4.78, 5) is 16.5. The van der Waals surface area contributed by atoms with Crippen LogP contribution in [0.4, 0.5) is 16.2 Å². The molecule has 0 aromatic heterocycles. The van der Waals surface area contributed by atoms with E-state index in [1.54, 1.807) is 0 Å². The average Bonchev–Trinajstić information content (AvgIpc) is 2.95. The minimum atomic E-state index is -0.420. The van der Waals surface area contributed by atoms with Crippen molar-refractivity contribution in [3.05, 3.63) is 24.3 Å². The number of nitrogens with zero attached hydrogens (tertiary/aromatic N) is 2. The van der Waals surface area contributed by atoms with E-state index in [0.717, 1.165) is 31.9 Å². The first-order chi connectivity index (χ1) is 10.3. The number of rotatable bonds is 1. The molecular formula is C17H29N3O4. The summed E-state index contributed by atoms with van der Waals surface area (Å²) >= 11 is 0. The van der Waals surface area contributed by atoms with Gasteiger partial charge in [0.2, 0.25) is 0 Å². The molecule has 0 spiro atoms. The van der Waals surface area contributed by atoms with Gasteiger partial charge >= 0.3 is 6.09 Å². The third-order valence-electron chi connectivity index (χ3n) is 4.44. The van der Waals surface area contributed by atoms with Crippen molar-refractivity contribution in [2.45, 2.75) is 26.4 Å². The predicted octanol–water partition coefficient (Wildman–Crippen LogP) is 0.862. The molecule has 1 amide bonds. The van der Waals surface area contributed by atoms with Gasteiger partial charge in [0.15, 0.2) is 0 Å². The van der Waals surface area contributed by atoms with Crippen LogP contribution in [0, 0.1) is 11.8 Å². The lowest BCUT2D eigenvalue weighted by Crippen LogP contribution is -2.40. The predicted molar refractivity (Wildman–Crippen MR) is 91.5 cm³/mol. The van der Waals surface area contributed by atoms with Crippen LogP contribution in [0.5, 0.6) is 0 Å². The number of hydrogen-bond donors (Lipinski definition) is 1. The van der Waals surface area contributed by atoms with E-state index in [2.05, 4.69) is 34.9 Å². The largest absolute Gasteiger partial charge is 0.870 e. The number of anilines is 1. The van der Waals surface area contributed by atoms with Crippen LogP contribution in [0.2, 0.25) is 0 Å². The monoisotopic (exact) mass is 339 g/mol. The van der Waals surface area contributed by atoms with Crippen molar-refractivity contribution >= 4 is 17.5 Å². The maximum Gasteiger partial charge on any atom is 0.410 e. The number of ether oxygens (including phenoxy) is 1. The lowest BCUT2D eigenvalue weighted by Gasteiger charge is -2.26. The fraction of sp³-hybridized carbons (Fsp3) is 0.588. The molecule has 0 aliphatic carbocycles. The molecule has 2 aliphatic heterocycles. The number of quaternary nitrogens is 1. The summed E-state index contributed by atoms with van der Waals surface area (Å²) in [5.41, 5.74) is 5.80. The highest BCUT2D eigenvalue weighted by atomic mass is 16.6. The van der Waals surface area contributed by atoms with Gasteiger partial charge in [-0.2, -0.15) is 0 Å². The molecule has 7 heteroatoms. The Balaban J connectivity index is 0.00000144. The smallest absolute Gasteiger partial charge is 0.410 e. The maximum atomic E-state index is 12.2. The van der Waals surface area contributed by atoms with Gasteiger partial charge in [0.1, 0.15) is 11.3 Å². The fourth-order valence-electron chi connectivity index (χ4n) is 3.39. The summed E-state index contributed by atoms with van der Waals surface area (Å²) in [6.45, 7) is 9.38. The van der Waals surface area contributed by atoms with Gasteiger partial charge in [-0.25, -0.2) is 4.79 Å². The van der Waals surface area contributed by atoms with Gasteiger partial charge in [0.05, 0.1) is 0 Å². The minimum Gasteiger partial charge on any atom is -0.870 e. The van der Waals surface area contributed by atoms with Crippen molar-refractivity contribution < 1.29 is 26.2 Å². The topological polar surface area (TPSA) is 122 Å². The van der Waals surface area contributed by atoms with Crippen molar-refractivity contribution in [1.29, 1.82) is 0 Å². The van der Waals surface area contributed by atoms with Crippen LogP contribution in [0.25, 0.3) is 0 Å². The van der Waals surface area contributed by atoms with Crippen molar-refractivity contribution in [3.8, 4) is 0 Å². The van der Waals surface area contributed by atoms with E-state index in [4.69, 9.17) is 4.74 Å². The summed E-state index contributed by atoms with van der Waals surface area (Å²) < 4.78 is 5.48. The Hall–Kier alpha value is -1.83. The highest BCUT2D eigenvalue weighted by molar-refractivity contribution is 5.68. The van der Waals surface area contributed by atoms with Crippen LogP contribution in [0.1, 0.15) is 20.8 Å². The number of carbonyl (C=O) groups is 1. The minimum absolute atomic E-state index is 0. The zero-order chi connectivity index (χ0) is 15.9. The molecule has 0 unspecified atom stereocenters. The van der Waals surface area contributed by atoms with Gasteiger partial charge in [-0.1, -0.05) is 0 Å². The fourth-order valence-corrected chi connectivity index (χ4v) is 3.39. The molecule has 2 heterocycles. The molecule has 3 rings (SSSR count). The van der Waals surface area contributed by atoms with Crippen molar-refractivity contribution in [3.63, 3.8) is 0 Å². The molecule has 1 aromatic carbocycles. The molecule has 2 saturated heterocycles. The Morgan fingerprint density at radius 3 is 2.04 bits per heavy atom. The summed E-state index contributed by atoms with van der Waals surface area (Å²) in [7, 11) is 0. The molecular weight excluding hydrogens is 310 g/mol. The zero-order valence-corrected chi connectivity index (χ0v) is 14.7. The Bertz CT molecular complexity index is 542. The molecule has 6 N–H and O–H groups in total. The van der Waals surface area contributed by atoms with Crippen LogP contribution in [0.3, 0.4) is 0 Å². The quantitative estimate of drug-likeness (QED) is 0.815. The Kier molecular flexibility index (Phi) is 6.21. The van der Waals surface area contributed by atoms with E-state index in [-0.39, 0.29) is 17.0 Å². The number of fused-ring (bicyclic) bond motifs is 1. The molecule has 136 valence electrons. The number of carbonyl (C=O) groups excluding carboxylic acids is 1. The van der Waals surface area contributed by atoms with Crippen LogP contribution in [0.15, 0.2) is 24.3 Å². The van der Waals surface area contributed by atoms with E-state index in [1.807, 2.05) is 25.7 Å². The van der Waals surface area contributed by atoms with E-state index in [9.17, 15) is 4.79 Å². The Morgan fingerprint density at radius 2 is 1.58 bits per heavy atom. The van der Waals surface area contributed by atoms with Crippen LogP contribution < -0.4 is 10.6 Å². The molecule has 0 bridgehead atoms. The maximum absolute atomic E-state index is 12.2. The van der Waals surface area contributed by atoms with Crippen molar-refractivity contribution in [1.82, 2.24) is 4.90 Å². The molecule has 0 radical (unpaired) electrons. The van der Waals surface area contributed by atoms with E-state index in [0.29, 0.717) is 11.8 Å². The highest BCUT2D eigenvalue weighted by Crippen LogP contribution is 2.34. The second-order valence-corrected chi connectivity index (χ2v) is 7.48. The Labute approximate surface area is 143 Å². The Morgan fingerprint density at radius 1 is 1.08 bits per heavy atom. The van der Waals surface area contributed by atoms with Gasteiger partial charge in [-0.15, -0.1) is 0 Å². The first kappa shape index (κ1) is 20.2. The van der Waals surface area contributed by atoms with Gasteiger partial charge in [-0.3, -0.25) is 0 Å². The van der Waals surface area contributed by atoms with Crippen LogP contribution in [-0.4, -0.2) is 53.7 Å². The summed E-state index contributed by atoms with van der Waals surface area (Å²) in [5, 5.41) is 0. The molecule has 1 aromatic rings. The van der Waals surface area contributed by atoms with Gasteiger partial charge in [-0.05, 0) is 32.9 Å². The zero-order valence-electron chi connectivity index (χ0n) is 14.7. The lowest BCUT2D eigenvalue weighted by molar-refractivity contribution is -0.254. The molecule has 2 fully saturated rings. The molecule has 2 aliphatic rings. The standard InChI is InChI=1S/C17H25N3O2.2H2O/c1-17(2,3)22-16(21)20-10-12-8-19(9-13(12)11-20)15-6-4-14(18)5-7-15;;/h4-7,12-13H,8-11,18H2,1-3H3;2*1H2/t12-,13-;;/m1../s1. The number of likely N-dealkylation sites (tertiary alicyclic amines) is 1. The van der Waals surface area contributed by atoms with E-state index >= 15 is 0 Å². The average molecular weight is 339 g/mol. The first-order valence-corrected chi connectivity index (χ1v) is 7.97. The third kappa shape index (κ3) is 4.37. The van der Waals surface area contributed by atoms with Gasteiger partial charge in [0.25, 0.3) is 0 Å². The molecule has 24 heavy (non-hydrogen) atoms. The van der Waals surface area contributed by atoms with E-state index in [1.165, 1.54) is 5.69 Å². The SMILES string of the molecule is CC(C)(C)OC(=O)N1C[C@H]2CN(c3ccc([NH3+])cc3)C[C@@H]2C1.O.[OH-]. The van der Waals surface area contributed by atoms with Crippen LogP contribution >= 0.6 is 0 Å². The third-order valence-corrected chi connectivity index (χ3v) is 4.44. The summed E-state index contributed by atoms with van der Waals surface area (Å²) in [6.07, 6.45) is -0.171. The van der Waals surface area contributed by atoms with Crippen molar-refractivity contribution in [2.24, 2.45) is 11.8 Å². The second-order valence-electron chi connectivity index (χ2n) is 7.48. The number of hydrogen-bond acceptors (Lipinski definition) is 4. The van der Waals surface area contributed by atoms with E-state index < -0.39 is 5.60 Å². The molecule has 0 saturated carbocycles. The first-order valence-electron chi connectivity index (χ1n) is 7.97.